The first-order valence-corrected chi connectivity index (χ1v) is 8.89. The molecule has 3 aromatic rings. The van der Waals surface area contributed by atoms with Crippen LogP contribution in [0.1, 0.15) is 33.3 Å². The van der Waals surface area contributed by atoms with Crippen molar-refractivity contribution in [2.24, 2.45) is 0 Å². The average molecular weight is 384 g/mol. The van der Waals surface area contributed by atoms with Crippen LogP contribution < -0.4 is 4.74 Å². The largest absolute Gasteiger partial charge is 0.491 e. The summed E-state index contributed by atoms with van der Waals surface area (Å²) in [4.78, 5) is 18.7. The van der Waals surface area contributed by atoms with E-state index in [2.05, 4.69) is 4.98 Å². The zero-order valence-electron chi connectivity index (χ0n) is 15.2. The highest BCUT2D eigenvalue weighted by Gasteiger charge is 2.29. The molecule has 0 unspecified atom stereocenters. The zero-order chi connectivity index (χ0) is 19.7. The molecule has 0 aliphatic carbocycles. The smallest absolute Gasteiger partial charge is 0.257 e. The van der Waals surface area contributed by atoms with Gasteiger partial charge in [-0.25, -0.2) is 13.8 Å². The minimum atomic E-state index is -0.997. The van der Waals surface area contributed by atoms with Crippen molar-refractivity contribution in [2.45, 2.75) is 19.4 Å². The van der Waals surface area contributed by atoms with Gasteiger partial charge in [-0.15, -0.1) is 0 Å². The van der Waals surface area contributed by atoms with Gasteiger partial charge in [-0.1, -0.05) is 30.3 Å². The second-order valence-corrected chi connectivity index (χ2v) is 6.56. The number of benzene rings is 2. The van der Waals surface area contributed by atoms with Gasteiger partial charge < -0.3 is 14.1 Å². The number of halogens is 2. The highest BCUT2D eigenvalue weighted by atomic mass is 19.1. The molecule has 1 aliphatic heterocycles. The number of nitrogens with zero attached hydrogens (tertiary/aromatic N) is 2. The standard InChI is InChI=1S/C21H18F2N2O3/c1-27-20-15(22)8-7-14(19(20)23)21(26)25-10-9-17-16(12-25)24-18(28-17)11-13-5-3-2-4-6-13/h2-8H,9-12H2,1H3. The Morgan fingerprint density at radius 3 is 2.75 bits per heavy atom. The lowest BCUT2D eigenvalue weighted by molar-refractivity contribution is 0.0722. The molecular weight excluding hydrogens is 366 g/mol. The van der Waals surface area contributed by atoms with E-state index >= 15 is 0 Å². The molecule has 0 spiro atoms. The summed E-state index contributed by atoms with van der Waals surface area (Å²) in [5.41, 5.74) is 1.52. The van der Waals surface area contributed by atoms with Crippen molar-refractivity contribution >= 4 is 5.91 Å². The van der Waals surface area contributed by atoms with Crippen LogP contribution in [-0.2, 0) is 19.4 Å². The first kappa shape index (κ1) is 18.2. The van der Waals surface area contributed by atoms with Gasteiger partial charge in [-0.2, -0.15) is 0 Å². The van der Waals surface area contributed by atoms with Crippen LogP contribution in [0.4, 0.5) is 8.78 Å². The van der Waals surface area contributed by atoms with Crippen molar-refractivity contribution in [3.63, 3.8) is 0 Å². The molecule has 4 rings (SSSR count). The molecule has 0 bridgehead atoms. The van der Waals surface area contributed by atoms with Gasteiger partial charge in [0.1, 0.15) is 11.5 Å². The number of ether oxygens (including phenoxy) is 1. The minimum Gasteiger partial charge on any atom is -0.491 e. The summed E-state index contributed by atoms with van der Waals surface area (Å²) in [7, 11) is 1.16. The SMILES string of the molecule is COc1c(F)ccc(C(=O)N2CCc3oc(Cc4ccccc4)nc3C2)c1F. The monoisotopic (exact) mass is 384 g/mol. The quantitative estimate of drug-likeness (QED) is 0.688. The van der Waals surface area contributed by atoms with E-state index < -0.39 is 23.3 Å². The summed E-state index contributed by atoms with van der Waals surface area (Å²) in [5, 5.41) is 0. The number of fused-ring (bicyclic) bond motifs is 1. The van der Waals surface area contributed by atoms with Crippen LogP contribution in [0.25, 0.3) is 0 Å². The third kappa shape index (κ3) is 3.35. The maximum absolute atomic E-state index is 14.4. The summed E-state index contributed by atoms with van der Waals surface area (Å²) in [6.45, 7) is 0.580. The molecule has 5 nitrogen and oxygen atoms in total. The lowest BCUT2D eigenvalue weighted by atomic mass is 10.1. The summed E-state index contributed by atoms with van der Waals surface area (Å²) < 4.78 is 38.6. The molecular formula is C21H18F2N2O3. The molecule has 7 heteroatoms. The predicted octanol–water partition coefficient (Wildman–Crippen LogP) is 3.75. The molecule has 0 N–H and O–H groups in total. The van der Waals surface area contributed by atoms with Gasteiger partial charge >= 0.3 is 0 Å². The minimum absolute atomic E-state index is 0.214. The molecule has 0 atom stereocenters. The maximum atomic E-state index is 14.4. The Hall–Kier alpha value is -3.22. The van der Waals surface area contributed by atoms with Crippen LogP contribution in [0.15, 0.2) is 46.9 Å². The number of amides is 1. The van der Waals surface area contributed by atoms with Gasteiger partial charge in [-0.05, 0) is 17.7 Å². The highest BCUT2D eigenvalue weighted by molar-refractivity contribution is 5.95. The van der Waals surface area contributed by atoms with E-state index in [-0.39, 0.29) is 12.1 Å². The molecule has 0 radical (unpaired) electrons. The Labute approximate surface area is 160 Å². The van der Waals surface area contributed by atoms with Crippen molar-refractivity contribution < 1.29 is 22.7 Å². The fraction of sp³-hybridized carbons (Fsp3) is 0.238. The lowest BCUT2D eigenvalue weighted by Gasteiger charge is -2.25. The highest BCUT2D eigenvalue weighted by Crippen LogP contribution is 2.27. The molecule has 28 heavy (non-hydrogen) atoms. The number of carbonyl (C=O) groups excluding carboxylic acids is 1. The van der Waals surface area contributed by atoms with Gasteiger partial charge in [-0.3, -0.25) is 4.79 Å². The molecule has 1 aromatic heterocycles. The van der Waals surface area contributed by atoms with Crippen LogP contribution in [0.5, 0.6) is 5.75 Å². The Bertz CT molecular complexity index is 1020. The van der Waals surface area contributed by atoms with E-state index in [0.717, 1.165) is 30.6 Å². The molecule has 0 saturated heterocycles. The predicted molar refractivity (Wildman–Crippen MR) is 97.1 cm³/mol. The van der Waals surface area contributed by atoms with Crippen molar-refractivity contribution in [2.75, 3.05) is 13.7 Å². The van der Waals surface area contributed by atoms with Gasteiger partial charge in [0.05, 0.1) is 19.2 Å². The van der Waals surface area contributed by atoms with Crippen molar-refractivity contribution in [1.82, 2.24) is 9.88 Å². The van der Waals surface area contributed by atoms with Gasteiger partial charge in [0.25, 0.3) is 5.91 Å². The van der Waals surface area contributed by atoms with E-state index in [1.165, 1.54) is 4.90 Å². The van der Waals surface area contributed by atoms with Crippen LogP contribution in [-0.4, -0.2) is 29.4 Å². The van der Waals surface area contributed by atoms with E-state index in [1.807, 2.05) is 30.3 Å². The fourth-order valence-corrected chi connectivity index (χ4v) is 3.33. The van der Waals surface area contributed by atoms with Crippen molar-refractivity contribution in [3.8, 4) is 5.75 Å². The third-order valence-electron chi connectivity index (χ3n) is 4.74. The van der Waals surface area contributed by atoms with Gasteiger partial charge in [0, 0.05) is 19.4 Å². The van der Waals surface area contributed by atoms with Gasteiger partial charge in [0.2, 0.25) is 0 Å². The summed E-state index contributed by atoms with van der Waals surface area (Å²) in [6, 6.07) is 12.0. The third-order valence-corrected chi connectivity index (χ3v) is 4.74. The fourth-order valence-electron chi connectivity index (χ4n) is 3.33. The van der Waals surface area contributed by atoms with Crippen molar-refractivity contribution in [3.05, 3.63) is 82.6 Å². The molecule has 1 amide bonds. The van der Waals surface area contributed by atoms with E-state index in [9.17, 15) is 13.6 Å². The number of rotatable bonds is 4. The average Bonchev–Trinajstić information content (AvgIpc) is 3.10. The number of methoxy groups -OCH3 is 1. The summed E-state index contributed by atoms with van der Waals surface area (Å²) in [6.07, 6.45) is 1.05. The summed E-state index contributed by atoms with van der Waals surface area (Å²) >= 11 is 0. The molecule has 2 heterocycles. The number of carbonyl (C=O) groups is 1. The van der Waals surface area contributed by atoms with Crippen LogP contribution in [0, 0.1) is 11.6 Å². The topological polar surface area (TPSA) is 55.6 Å². The zero-order valence-corrected chi connectivity index (χ0v) is 15.2. The molecule has 2 aromatic carbocycles. The maximum Gasteiger partial charge on any atom is 0.257 e. The van der Waals surface area contributed by atoms with E-state index in [1.54, 1.807) is 0 Å². The Kier molecular flexibility index (Phi) is 4.81. The van der Waals surface area contributed by atoms with Crippen molar-refractivity contribution in [1.29, 1.82) is 0 Å². The second-order valence-electron chi connectivity index (χ2n) is 6.56. The molecule has 0 fully saturated rings. The number of aromatic nitrogens is 1. The van der Waals surface area contributed by atoms with Crippen LogP contribution in [0.3, 0.4) is 0 Å². The molecule has 0 saturated carbocycles. The van der Waals surface area contributed by atoms with E-state index in [0.29, 0.717) is 31.0 Å². The summed E-state index contributed by atoms with van der Waals surface area (Å²) in [5.74, 6) is -1.61. The first-order chi connectivity index (χ1) is 13.6. The number of oxazole rings is 1. The normalized spacial score (nSPS) is 13.3. The molecule has 144 valence electrons. The Morgan fingerprint density at radius 2 is 2.00 bits per heavy atom. The first-order valence-electron chi connectivity index (χ1n) is 8.89. The Morgan fingerprint density at radius 1 is 1.21 bits per heavy atom. The second kappa shape index (κ2) is 7.42. The van der Waals surface area contributed by atoms with E-state index in [4.69, 9.17) is 9.15 Å². The number of hydrogen-bond donors (Lipinski definition) is 0. The van der Waals surface area contributed by atoms with Crippen LogP contribution >= 0.6 is 0 Å². The Balaban J connectivity index is 1.53. The van der Waals surface area contributed by atoms with Crippen LogP contribution in [0.2, 0.25) is 0 Å². The lowest BCUT2D eigenvalue weighted by Crippen LogP contribution is -2.36. The number of hydrogen-bond acceptors (Lipinski definition) is 4. The molecule has 1 aliphatic rings. The van der Waals surface area contributed by atoms with Gasteiger partial charge in [0.15, 0.2) is 23.3 Å².